The van der Waals surface area contributed by atoms with Crippen molar-refractivity contribution in [3.8, 4) is 5.75 Å². The maximum atomic E-state index is 12.6. The maximum absolute atomic E-state index is 12.6. The van der Waals surface area contributed by atoms with Crippen LogP contribution in [0.2, 0.25) is 0 Å². The molecule has 2 aliphatic heterocycles. The van der Waals surface area contributed by atoms with Crippen LogP contribution in [-0.4, -0.2) is 78.9 Å². The van der Waals surface area contributed by atoms with Gasteiger partial charge in [-0.1, -0.05) is 0 Å². The molecule has 2 heterocycles. The van der Waals surface area contributed by atoms with E-state index in [0.29, 0.717) is 56.8 Å². The lowest BCUT2D eigenvalue weighted by atomic mass is 10.0. The molecule has 0 radical (unpaired) electrons. The molecule has 8 nitrogen and oxygen atoms in total. The molecule has 164 valence electrons. The second kappa shape index (κ2) is 9.93. The van der Waals surface area contributed by atoms with Gasteiger partial charge in [-0.2, -0.15) is 0 Å². The molecule has 0 unspecified atom stereocenters. The van der Waals surface area contributed by atoms with E-state index in [4.69, 9.17) is 4.74 Å². The monoisotopic (exact) mass is 416 g/mol. The van der Waals surface area contributed by atoms with Crippen LogP contribution >= 0.6 is 0 Å². The number of rotatable bonds is 8. The molecular formula is C22H32N4O4. The molecule has 30 heavy (non-hydrogen) atoms. The average molecular weight is 417 g/mol. The number of nitrogens with zero attached hydrogens (tertiary/aromatic N) is 2. The van der Waals surface area contributed by atoms with Gasteiger partial charge < -0.3 is 20.3 Å². The van der Waals surface area contributed by atoms with Gasteiger partial charge in [-0.3, -0.25) is 19.3 Å². The van der Waals surface area contributed by atoms with Crippen LogP contribution < -0.4 is 15.4 Å². The number of ether oxygens (including phenoxy) is 1. The molecule has 0 aliphatic carbocycles. The van der Waals surface area contributed by atoms with Gasteiger partial charge in [0, 0.05) is 50.2 Å². The van der Waals surface area contributed by atoms with E-state index in [1.54, 1.807) is 31.4 Å². The van der Waals surface area contributed by atoms with E-state index in [0.717, 1.165) is 0 Å². The number of methoxy groups -OCH3 is 1. The third-order valence-electron chi connectivity index (χ3n) is 6.12. The predicted molar refractivity (Wildman–Crippen MR) is 113 cm³/mol. The summed E-state index contributed by atoms with van der Waals surface area (Å²) in [6, 6.07) is 6.71. The molecule has 8 heteroatoms. The van der Waals surface area contributed by atoms with Gasteiger partial charge in [0.2, 0.25) is 11.8 Å². The Morgan fingerprint density at radius 2 is 1.93 bits per heavy atom. The number of amides is 3. The van der Waals surface area contributed by atoms with Crippen molar-refractivity contribution < 1.29 is 19.1 Å². The third kappa shape index (κ3) is 4.92. The predicted octanol–water partition coefficient (Wildman–Crippen LogP) is 1.01. The van der Waals surface area contributed by atoms with Crippen molar-refractivity contribution in [2.75, 3.05) is 33.3 Å². The molecule has 2 fully saturated rings. The van der Waals surface area contributed by atoms with Crippen LogP contribution in [0.5, 0.6) is 5.75 Å². The molecule has 3 rings (SSSR count). The number of hydrogen-bond donors (Lipinski definition) is 2. The van der Waals surface area contributed by atoms with Gasteiger partial charge in [0.05, 0.1) is 13.2 Å². The number of nitrogens with one attached hydrogen (secondary N) is 2. The Morgan fingerprint density at radius 3 is 2.57 bits per heavy atom. The number of benzene rings is 1. The Labute approximate surface area is 177 Å². The minimum atomic E-state index is -0.256. The van der Waals surface area contributed by atoms with Crippen LogP contribution in [0.15, 0.2) is 24.3 Å². The summed E-state index contributed by atoms with van der Waals surface area (Å²) < 4.78 is 5.13. The van der Waals surface area contributed by atoms with E-state index < -0.39 is 0 Å². The highest BCUT2D eigenvalue weighted by molar-refractivity contribution is 5.94. The maximum Gasteiger partial charge on any atom is 0.251 e. The Bertz CT molecular complexity index is 763. The highest BCUT2D eigenvalue weighted by Crippen LogP contribution is 2.26. The van der Waals surface area contributed by atoms with E-state index in [9.17, 15) is 14.4 Å². The molecule has 3 atom stereocenters. The van der Waals surface area contributed by atoms with Crippen molar-refractivity contribution in [1.82, 2.24) is 20.4 Å². The molecule has 2 N–H and O–H groups in total. The highest BCUT2D eigenvalue weighted by Gasteiger charge is 2.43. The van der Waals surface area contributed by atoms with Crippen molar-refractivity contribution in [3.05, 3.63) is 29.8 Å². The lowest BCUT2D eigenvalue weighted by molar-refractivity contribution is -0.132. The highest BCUT2D eigenvalue weighted by atomic mass is 16.5. The minimum Gasteiger partial charge on any atom is -0.497 e. The fourth-order valence-corrected chi connectivity index (χ4v) is 4.38. The van der Waals surface area contributed by atoms with E-state index in [2.05, 4.69) is 15.5 Å². The van der Waals surface area contributed by atoms with E-state index in [1.807, 2.05) is 18.7 Å². The van der Waals surface area contributed by atoms with E-state index in [1.165, 1.54) is 0 Å². The summed E-state index contributed by atoms with van der Waals surface area (Å²) in [6.45, 7) is 6.54. The Balaban J connectivity index is 1.58. The van der Waals surface area contributed by atoms with Crippen molar-refractivity contribution >= 4 is 17.7 Å². The zero-order valence-electron chi connectivity index (χ0n) is 18.0. The van der Waals surface area contributed by atoms with Gasteiger partial charge >= 0.3 is 0 Å². The first kappa shape index (κ1) is 22.1. The molecule has 0 spiro atoms. The second-order valence-corrected chi connectivity index (χ2v) is 7.85. The van der Waals surface area contributed by atoms with Gasteiger partial charge in [0.25, 0.3) is 5.91 Å². The van der Waals surface area contributed by atoms with Crippen LogP contribution in [0.25, 0.3) is 0 Å². The number of fused-ring (bicyclic) bond motifs is 1. The molecule has 2 aliphatic rings. The van der Waals surface area contributed by atoms with Crippen LogP contribution in [0.1, 0.15) is 43.5 Å². The average Bonchev–Trinajstić information content (AvgIpc) is 3.19. The Hall–Kier alpha value is -2.61. The minimum absolute atomic E-state index is 0.00233. The number of piperazine rings is 1. The van der Waals surface area contributed by atoms with Crippen molar-refractivity contribution in [2.24, 2.45) is 0 Å². The third-order valence-corrected chi connectivity index (χ3v) is 6.12. The molecule has 1 aromatic carbocycles. The fraction of sp³-hybridized carbons (Fsp3) is 0.591. The molecule has 0 aromatic heterocycles. The standard InChI is InChI=1S/C22H32N4O4/c1-4-25(5-2)20(27)11-8-17-13-23-22(29)19-12-16(14-26(17)19)24-21(28)15-6-9-18(30-3)10-7-15/h6-7,9-10,16-17,19H,4-5,8,11-14H2,1-3H3,(H,23,29)(H,24,28)/t16-,17+,19-/m0/s1. The Morgan fingerprint density at radius 1 is 1.23 bits per heavy atom. The molecule has 0 saturated carbocycles. The summed E-state index contributed by atoms with van der Waals surface area (Å²) in [5, 5.41) is 6.03. The van der Waals surface area contributed by atoms with Crippen LogP contribution in [0.4, 0.5) is 0 Å². The normalized spacial score (nSPS) is 23.4. The zero-order valence-corrected chi connectivity index (χ0v) is 18.0. The summed E-state index contributed by atoms with van der Waals surface area (Å²) >= 11 is 0. The van der Waals surface area contributed by atoms with Crippen molar-refractivity contribution in [3.63, 3.8) is 0 Å². The molecule has 0 bridgehead atoms. The van der Waals surface area contributed by atoms with Crippen LogP contribution in [0.3, 0.4) is 0 Å². The Kier molecular flexibility index (Phi) is 7.31. The first-order chi connectivity index (χ1) is 14.5. The summed E-state index contributed by atoms with van der Waals surface area (Å²) in [6.07, 6.45) is 1.74. The first-order valence-electron chi connectivity index (χ1n) is 10.7. The number of hydrogen-bond acceptors (Lipinski definition) is 5. The SMILES string of the molecule is CCN(CC)C(=O)CC[C@@H]1CNC(=O)[C@@H]2C[C@H](NC(=O)c3ccc(OC)cc3)CN12. The van der Waals surface area contributed by atoms with Crippen LogP contribution in [0, 0.1) is 0 Å². The summed E-state index contributed by atoms with van der Waals surface area (Å²) in [5.74, 6) is 0.694. The zero-order chi connectivity index (χ0) is 21.7. The van der Waals surface area contributed by atoms with E-state index >= 15 is 0 Å². The first-order valence-corrected chi connectivity index (χ1v) is 10.7. The van der Waals surface area contributed by atoms with Gasteiger partial charge in [-0.15, -0.1) is 0 Å². The quantitative estimate of drug-likeness (QED) is 0.660. The van der Waals surface area contributed by atoms with Gasteiger partial charge in [0.15, 0.2) is 0 Å². The van der Waals surface area contributed by atoms with Crippen molar-refractivity contribution in [1.29, 1.82) is 0 Å². The topological polar surface area (TPSA) is 91.0 Å². The van der Waals surface area contributed by atoms with Crippen molar-refractivity contribution in [2.45, 2.75) is 51.2 Å². The molecular weight excluding hydrogens is 384 g/mol. The van der Waals surface area contributed by atoms with Gasteiger partial charge in [-0.25, -0.2) is 0 Å². The van der Waals surface area contributed by atoms with Gasteiger partial charge in [0.1, 0.15) is 5.75 Å². The van der Waals surface area contributed by atoms with Crippen LogP contribution in [-0.2, 0) is 9.59 Å². The molecule has 1 aromatic rings. The van der Waals surface area contributed by atoms with Gasteiger partial charge in [-0.05, 0) is 51.0 Å². The lowest BCUT2D eigenvalue weighted by Gasteiger charge is -2.37. The summed E-state index contributed by atoms with van der Waals surface area (Å²) in [7, 11) is 1.58. The largest absolute Gasteiger partial charge is 0.497 e. The summed E-state index contributed by atoms with van der Waals surface area (Å²) in [5.41, 5.74) is 0.562. The number of carbonyl (C=O) groups is 3. The molecule has 2 saturated heterocycles. The number of carbonyl (C=O) groups excluding carboxylic acids is 3. The molecule has 3 amide bonds. The second-order valence-electron chi connectivity index (χ2n) is 7.85. The fourth-order valence-electron chi connectivity index (χ4n) is 4.38. The summed E-state index contributed by atoms with van der Waals surface area (Å²) in [4.78, 5) is 41.3. The van der Waals surface area contributed by atoms with E-state index in [-0.39, 0.29) is 35.8 Å². The lowest BCUT2D eigenvalue weighted by Crippen LogP contribution is -2.58. The smallest absolute Gasteiger partial charge is 0.251 e.